The van der Waals surface area contributed by atoms with E-state index >= 15 is 0 Å². The molecule has 1 N–H and O–H groups in total. The SMILES string of the molecule is COCCN(CCC#N)C(=O)C1CNCC1C. The topological polar surface area (TPSA) is 65.4 Å². The van der Waals surface area contributed by atoms with E-state index in [4.69, 9.17) is 10.00 Å². The zero-order valence-electron chi connectivity index (χ0n) is 10.6. The molecular weight excluding hydrogens is 218 g/mol. The highest BCUT2D eigenvalue weighted by Crippen LogP contribution is 2.18. The summed E-state index contributed by atoms with van der Waals surface area (Å²) in [6, 6.07) is 2.08. The van der Waals surface area contributed by atoms with Gasteiger partial charge in [0.05, 0.1) is 25.0 Å². The summed E-state index contributed by atoms with van der Waals surface area (Å²) in [5, 5.41) is 11.8. The second kappa shape index (κ2) is 7.25. The van der Waals surface area contributed by atoms with Crippen LogP contribution >= 0.6 is 0 Å². The number of amides is 1. The van der Waals surface area contributed by atoms with E-state index in [1.54, 1.807) is 12.0 Å². The highest BCUT2D eigenvalue weighted by Gasteiger charge is 2.32. The van der Waals surface area contributed by atoms with Gasteiger partial charge < -0.3 is 15.0 Å². The van der Waals surface area contributed by atoms with Gasteiger partial charge in [-0.25, -0.2) is 0 Å². The smallest absolute Gasteiger partial charge is 0.227 e. The third-order valence-corrected chi connectivity index (χ3v) is 3.21. The van der Waals surface area contributed by atoms with Crippen molar-refractivity contribution in [3.8, 4) is 6.07 Å². The van der Waals surface area contributed by atoms with Crippen LogP contribution in [0, 0.1) is 23.2 Å². The van der Waals surface area contributed by atoms with Crippen molar-refractivity contribution in [2.75, 3.05) is 39.9 Å². The fourth-order valence-corrected chi connectivity index (χ4v) is 2.09. The van der Waals surface area contributed by atoms with Crippen LogP contribution in [-0.2, 0) is 9.53 Å². The van der Waals surface area contributed by atoms with Crippen LogP contribution < -0.4 is 5.32 Å². The third kappa shape index (κ3) is 3.99. The molecule has 1 fully saturated rings. The number of ether oxygens (including phenoxy) is 1. The fraction of sp³-hybridized carbons (Fsp3) is 0.833. The molecule has 1 aliphatic rings. The van der Waals surface area contributed by atoms with E-state index in [2.05, 4.69) is 18.3 Å². The molecule has 1 heterocycles. The third-order valence-electron chi connectivity index (χ3n) is 3.21. The quantitative estimate of drug-likeness (QED) is 0.720. The van der Waals surface area contributed by atoms with Crippen molar-refractivity contribution >= 4 is 5.91 Å². The molecule has 5 nitrogen and oxygen atoms in total. The summed E-state index contributed by atoms with van der Waals surface area (Å²) < 4.78 is 5.00. The van der Waals surface area contributed by atoms with Gasteiger partial charge in [-0.05, 0) is 12.5 Å². The van der Waals surface area contributed by atoms with Crippen LogP contribution in [0.25, 0.3) is 0 Å². The van der Waals surface area contributed by atoms with Crippen molar-refractivity contribution in [1.29, 1.82) is 5.26 Å². The maximum atomic E-state index is 12.3. The highest BCUT2D eigenvalue weighted by atomic mass is 16.5. The number of hydrogen-bond donors (Lipinski definition) is 1. The standard InChI is InChI=1S/C12H21N3O2/c1-10-8-14-9-11(10)12(16)15(5-3-4-13)6-7-17-2/h10-11,14H,3,5-9H2,1-2H3. The minimum absolute atomic E-state index is 0.0468. The fourth-order valence-electron chi connectivity index (χ4n) is 2.09. The van der Waals surface area contributed by atoms with E-state index in [1.165, 1.54) is 0 Å². The zero-order valence-corrected chi connectivity index (χ0v) is 10.6. The predicted molar refractivity (Wildman–Crippen MR) is 64.2 cm³/mol. The Kier molecular flexibility index (Phi) is 5.95. The van der Waals surface area contributed by atoms with Gasteiger partial charge in [-0.3, -0.25) is 4.79 Å². The Bertz CT molecular complexity index is 288. The molecule has 5 heteroatoms. The number of nitrogens with one attached hydrogen (secondary N) is 1. The predicted octanol–water partition coefficient (Wildman–Crippen LogP) is 0.231. The van der Waals surface area contributed by atoms with Gasteiger partial charge in [-0.2, -0.15) is 5.26 Å². The number of nitriles is 1. The molecule has 1 aliphatic heterocycles. The molecule has 1 saturated heterocycles. The average Bonchev–Trinajstić information content (AvgIpc) is 2.75. The van der Waals surface area contributed by atoms with Crippen molar-refractivity contribution in [2.24, 2.45) is 11.8 Å². The normalized spacial score (nSPS) is 23.4. The Morgan fingerprint density at radius 3 is 2.82 bits per heavy atom. The minimum atomic E-state index is 0.0468. The van der Waals surface area contributed by atoms with E-state index in [0.29, 0.717) is 32.0 Å². The number of rotatable bonds is 6. The summed E-state index contributed by atoms with van der Waals surface area (Å²) in [5.41, 5.74) is 0. The first-order chi connectivity index (χ1) is 8.20. The van der Waals surface area contributed by atoms with Gasteiger partial charge >= 0.3 is 0 Å². The van der Waals surface area contributed by atoms with Gasteiger partial charge in [0.1, 0.15) is 0 Å². The average molecular weight is 239 g/mol. The lowest BCUT2D eigenvalue weighted by atomic mass is 9.96. The second-order valence-corrected chi connectivity index (χ2v) is 4.47. The molecule has 1 amide bonds. The lowest BCUT2D eigenvalue weighted by Gasteiger charge is -2.26. The van der Waals surface area contributed by atoms with Crippen molar-refractivity contribution in [3.63, 3.8) is 0 Å². The van der Waals surface area contributed by atoms with E-state index in [9.17, 15) is 4.79 Å². The lowest BCUT2D eigenvalue weighted by Crippen LogP contribution is -2.41. The Hall–Kier alpha value is -1.12. The summed E-state index contributed by atoms with van der Waals surface area (Å²) in [5.74, 6) is 0.565. The van der Waals surface area contributed by atoms with Crippen LogP contribution in [0.15, 0.2) is 0 Å². The van der Waals surface area contributed by atoms with Gasteiger partial charge in [-0.15, -0.1) is 0 Å². The highest BCUT2D eigenvalue weighted by molar-refractivity contribution is 5.79. The van der Waals surface area contributed by atoms with Crippen LogP contribution in [0.1, 0.15) is 13.3 Å². The molecule has 0 aromatic heterocycles. The first kappa shape index (κ1) is 13.9. The lowest BCUT2D eigenvalue weighted by molar-refractivity contribution is -0.136. The molecule has 17 heavy (non-hydrogen) atoms. The summed E-state index contributed by atoms with van der Waals surface area (Å²) >= 11 is 0. The van der Waals surface area contributed by atoms with Gasteiger partial charge in [0.25, 0.3) is 0 Å². The van der Waals surface area contributed by atoms with E-state index < -0.39 is 0 Å². The maximum absolute atomic E-state index is 12.3. The summed E-state index contributed by atoms with van der Waals surface area (Å²) in [7, 11) is 1.62. The monoisotopic (exact) mass is 239 g/mol. The molecule has 0 aromatic carbocycles. The van der Waals surface area contributed by atoms with Gasteiger partial charge in [0.15, 0.2) is 0 Å². The molecule has 0 radical (unpaired) electrons. The molecule has 96 valence electrons. The van der Waals surface area contributed by atoms with Crippen LogP contribution in [0.2, 0.25) is 0 Å². The Morgan fingerprint density at radius 1 is 1.53 bits per heavy atom. The Balaban J connectivity index is 2.54. The number of nitrogens with zero attached hydrogens (tertiary/aromatic N) is 2. The molecular formula is C12H21N3O2. The van der Waals surface area contributed by atoms with E-state index in [0.717, 1.165) is 13.1 Å². The Labute approximate surface area is 103 Å². The molecule has 0 aliphatic carbocycles. The largest absolute Gasteiger partial charge is 0.383 e. The zero-order chi connectivity index (χ0) is 12.7. The molecule has 2 atom stereocenters. The number of methoxy groups -OCH3 is 1. The van der Waals surface area contributed by atoms with E-state index in [-0.39, 0.29) is 11.8 Å². The number of hydrogen-bond acceptors (Lipinski definition) is 4. The van der Waals surface area contributed by atoms with Gasteiger partial charge in [-0.1, -0.05) is 6.92 Å². The molecule has 0 bridgehead atoms. The van der Waals surface area contributed by atoms with Gasteiger partial charge in [0, 0.05) is 26.7 Å². The molecule has 2 unspecified atom stereocenters. The van der Waals surface area contributed by atoms with Crippen molar-refractivity contribution in [3.05, 3.63) is 0 Å². The van der Waals surface area contributed by atoms with Crippen molar-refractivity contribution in [1.82, 2.24) is 10.2 Å². The number of carbonyl (C=O) groups excluding carboxylic acids is 1. The molecule has 1 rings (SSSR count). The van der Waals surface area contributed by atoms with Crippen LogP contribution in [0.4, 0.5) is 0 Å². The van der Waals surface area contributed by atoms with Crippen LogP contribution in [-0.4, -0.2) is 50.7 Å². The van der Waals surface area contributed by atoms with Crippen molar-refractivity contribution in [2.45, 2.75) is 13.3 Å². The van der Waals surface area contributed by atoms with Crippen LogP contribution in [0.3, 0.4) is 0 Å². The molecule has 0 saturated carbocycles. The van der Waals surface area contributed by atoms with Gasteiger partial charge in [0.2, 0.25) is 5.91 Å². The summed E-state index contributed by atoms with van der Waals surface area (Å²) in [6.07, 6.45) is 0.379. The minimum Gasteiger partial charge on any atom is -0.383 e. The van der Waals surface area contributed by atoms with E-state index in [1.807, 2.05) is 0 Å². The number of carbonyl (C=O) groups is 1. The first-order valence-electron chi connectivity index (χ1n) is 6.06. The van der Waals surface area contributed by atoms with Crippen molar-refractivity contribution < 1.29 is 9.53 Å². The molecule has 0 spiro atoms. The van der Waals surface area contributed by atoms with Crippen LogP contribution in [0.5, 0.6) is 0 Å². The summed E-state index contributed by atoms with van der Waals surface area (Å²) in [4.78, 5) is 14.0. The Morgan fingerprint density at radius 2 is 2.29 bits per heavy atom. The maximum Gasteiger partial charge on any atom is 0.227 e. The first-order valence-corrected chi connectivity index (χ1v) is 6.06. The second-order valence-electron chi connectivity index (χ2n) is 4.47. The molecule has 0 aromatic rings. The summed E-state index contributed by atoms with van der Waals surface area (Å²) in [6.45, 7) is 5.32.